The monoisotopic (exact) mass is 465 g/mol. The maximum atomic E-state index is 13.2. The minimum atomic E-state index is -2.04. The zero-order valence-corrected chi connectivity index (χ0v) is 18.1. The summed E-state index contributed by atoms with van der Waals surface area (Å²) < 4.78 is 0. The number of ketones is 3. The van der Waals surface area contributed by atoms with Crippen molar-refractivity contribution < 1.29 is 39.9 Å². The molecule has 2 aromatic rings. The number of carbonyl (C=O) groups is 3. The van der Waals surface area contributed by atoms with Gasteiger partial charge in [0.05, 0.1) is 29.3 Å². The van der Waals surface area contributed by atoms with Crippen LogP contribution in [0.2, 0.25) is 0 Å². The van der Waals surface area contributed by atoms with Gasteiger partial charge in [0, 0.05) is 42.6 Å². The Labute approximate surface area is 194 Å². The van der Waals surface area contributed by atoms with Crippen LogP contribution in [0.5, 0.6) is 17.2 Å². The number of phenols is 3. The van der Waals surface area contributed by atoms with Gasteiger partial charge in [0.15, 0.2) is 11.6 Å². The van der Waals surface area contributed by atoms with E-state index in [0.717, 1.165) is 6.42 Å². The van der Waals surface area contributed by atoms with E-state index in [-0.39, 0.29) is 28.8 Å². The van der Waals surface area contributed by atoms with E-state index < -0.39 is 70.3 Å². The van der Waals surface area contributed by atoms with Crippen LogP contribution in [0.25, 0.3) is 0 Å². The number of fused-ring (bicyclic) bond motifs is 3. The van der Waals surface area contributed by atoms with Crippen molar-refractivity contribution in [1.29, 1.82) is 0 Å². The number of aliphatic hydroxyl groups excluding tert-OH is 1. The predicted octanol–water partition coefficient (Wildman–Crippen LogP) is 1.12. The molecule has 0 bridgehead atoms. The molecule has 176 valence electrons. The summed E-state index contributed by atoms with van der Waals surface area (Å²) >= 11 is 0. The highest BCUT2D eigenvalue weighted by Gasteiger charge is 2.48. The number of hydrogen-bond donors (Lipinski definition) is 5. The van der Waals surface area contributed by atoms with Crippen molar-refractivity contribution in [2.24, 2.45) is 0 Å². The number of hydrogen-bond acceptors (Lipinski definition) is 9. The normalized spacial score (nSPS) is 23.9. The number of nitrogens with zero attached hydrogens (tertiary/aromatic N) is 1. The molecule has 0 amide bonds. The number of rotatable bonds is 3. The molecule has 0 fully saturated rings. The van der Waals surface area contributed by atoms with Gasteiger partial charge in [-0.3, -0.25) is 19.3 Å². The zero-order chi connectivity index (χ0) is 24.4. The van der Waals surface area contributed by atoms with Gasteiger partial charge < -0.3 is 25.5 Å². The summed E-state index contributed by atoms with van der Waals surface area (Å²) in [4.78, 5) is 41.2. The van der Waals surface area contributed by atoms with Gasteiger partial charge >= 0.3 is 0 Å². The molecule has 2 aromatic carbocycles. The highest BCUT2D eigenvalue weighted by atomic mass is 16.3. The topological polar surface area (TPSA) is 156 Å². The molecule has 1 heterocycles. The van der Waals surface area contributed by atoms with E-state index >= 15 is 0 Å². The first-order chi connectivity index (χ1) is 16.1. The zero-order valence-electron chi connectivity index (χ0n) is 18.1. The molecule has 34 heavy (non-hydrogen) atoms. The van der Waals surface area contributed by atoms with Crippen LogP contribution in [0.3, 0.4) is 0 Å². The second-order valence-electron chi connectivity index (χ2n) is 9.04. The lowest BCUT2D eigenvalue weighted by atomic mass is 9.72. The summed E-state index contributed by atoms with van der Waals surface area (Å²) in [6.07, 6.45) is 2.21. The summed E-state index contributed by atoms with van der Waals surface area (Å²) in [5.74, 6) is -4.07. The van der Waals surface area contributed by atoms with Gasteiger partial charge in [0.1, 0.15) is 22.8 Å². The molecule has 2 aliphatic carbocycles. The summed E-state index contributed by atoms with van der Waals surface area (Å²) in [7, 11) is 0. The fourth-order valence-corrected chi connectivity index (χ4v) is 5.18. The third kappa shape index (κ3) is 3.16. The largest absolute Gasteiger partial charge is 0.507 e. The fourth-order valence-electron chi connectivity index (χ4n) is 5.18. The van der Waals surface area contributed by atoms with Crippen LogP contribution in [0, 0.1) is 0 Å². The van der Waals surface area contributed by atoms with Crippen LogP contribution in [-0.4, -0.2) is 73.0 Å². The van der Waals surface area contributed by atoms with Crippen LogP contribution in [0.4, 0.5) is 0 Å². The SMILES string of the molecule is O=C1c2cccc(O)c2C(=O)c2c(O)c3c(c(O)c21)C[C@@](O)(C(=O)CN1CC=CCC1)C[C@@H]3O. The molecule has 0 radical (unpaired) electrons. The van der Waals surface area contributed by atoms with E-state index in [9.17, 15) is 39.9 Å². The minimum absolute atomic E-state index is 0.0648. The highest BCUT2D eigenvalue weighted by molar-refractivity contribution is 6.31. The summed E-state index contributed by atoms with van der Waals surface area (Å²) in [5.41, 5.74) is -3.86. The second kappa shape index (κ2) is 7.76. The molecule has 3 aliphatic rings. The molecule has 5 N–H and O–H groups in total. The van der Waals surface area contributed by atoms with Crippen LogP contribution in [0.1, 0.15) is 61.9 Å². The second-order valence-corrected chi connectivity index (χ2v) is 9.04. The molecular weight excluding hydrogens is 442 g/mol. The van der Waals surface area contributed by atoms with E-state index in [1.807, 2.05) is 17.1 Å². The van der Waals surface area contributed by atoms with Crippen molar-refractivity contribution in [2.45, 2.75) is 31.0 Å². The fraction of sp³-hybridized carbons (Fsp3) is 0.320. The molecule has 5 rings (SSSR count). The first-order valence-corrected chi connectivity index (χ1v) is 11.0. The lowest BCUT2D eigenvalue weighted by Crippen LogP contribution is -2.50. The van der Waals surface area contributed by atoms with Crippen molar-refractivity contribution in [1.82, 2.24) is 4.90 Å². The standard InChI is InChI=1S/C25H23NO8/c27-14-6-4-5-12-17(14)23(32)20-19(21(12)30)22(31)13-9-25(34,10-15(28)18(13)24(20)33)16(29)11-26-7-2-1-3-8-26/h1-2,4-6,15,27-28,31,33-34H,3,7-11H2/t15-,25-/m0/s1. The highest BCUT2D eigenvalue weighted by Crippen LogP contribution is 2.50. The average molecular weight is 465 g/mol. The lowest BCUT2D eigenvalue weighted by Gasteiger charge is -2.38. The van der Waals surface area contributed by atoms with E-state index in [0.29, 0.717) is 13.1 Å². The Morgan fingerprint density at radius 3 is 2.47 bits per heavy atom. The molecule has 1 aliphatic heterocycles. The molecular formula is C25H23NO8. The van der Waals surface area contributed by atoms with Gasteiger partial charge in [0.25, 0.3) is 0 Å². The van der Waals surface area contributed by atoms with Crippen molar-refractivity contribution in [3.8, 4) is 17.2 Å². The van der Waals surface area contributed by atoms with Crippen LogP contribution in [0.15, 0.2) is 30.4 Å². The Hall–Kier alpha value is -3.53. The Balaban J connectivity index is 1.60. The predicted molar refractivity (Wildman–Crippen MR) is 118 cm³/mol. The van der Waals surface area contributed by atoms with E-state index in [2.05, 4.69) is 0 Å². The number of benzene rings is 2. The molecule has 2 atom stereocenters. The van der Waals surface area contributed by atoms with Crippen molar-refractivity contribution in [3.63, 3.8) is 0 Å². The maximum absolute atomic E-state index is 13.2. The lowest BCUT2D eigenvalue weighted by molar-refractivity contribution is -0.143. The Kier molecular flexibility index (Phi) is 5.09. The Morgan fingerprint density at radius 1 is 1.03 bits per heavy atom. The smallest absolute Gasteiger partial charge is 0.202 e. The average Bonchev–Trinajstić information content (AvgIpc) is 2.80. The molecule has 0 spiro atoms. The third-order valence-corrected chi connectivity index (χ3v) is 6.92. The minimum Gasteiger partial charge on any atom is -0.507 e. The van der Waals surface area contributed by atoms with Gasteiger partial charge in [-0.25, -0.2) is 0 Å². The van der Waals surface area contributed by atoms with Crippen molar-refractivity contribution in [2.75, 3.05) is 19.6 Å². The first-order valence-electron chi connectivity index (χ1n) is 11.0. The summed E-state index contributed by atoms with van der Waals surface area (Å²) in [5, 5.41) is 54.1. The van der Waals surface area contributed by atoms with Gasteiger partial charge in [0.2, 0.25) is 5.78 Å². The van der Waals surface area contributed by atoms with Gasteiger partial charge in [-0.2, -0.15) is 0 Å². The quantitative estimate of drug-likeness (QED) is 0.283. The first kappa shape index (κ1) is 22.3. The van der Waals surface area contributed by atoms with E-state index in [4.69, 9.17) is 0 Å². The van der Waals surface area contributed by atoms with Gasteiger partial charge in [-0.15, -0.1) is 0 Å². The van der Waals surface area contributed by atoms with Crippen molar-refractivity contribution >= 4 is 17.3 Å². The number of Topliss-reactive ketones (excluding diaryl/α,β-unsaturated/α-hetero) is 1. The molecule has 0 saturated heterocycles. The molecule has 0 saturated carbocycles. The number of aliphatic hydroxyl groups is 2. The Bertz CT molecular complexity index is 1300. The third-order valence-electron chi connectivity index (χ3n) is 6.92. The van der Waals surface area contributed by atoms with Crippen LogP contribution in [-0.2, 0) is 11.2 Å². The molecule has 0 unspecified atom stereocenters. The van der Waals surface area contributed by atoms with Crippen LogP contribution < -0.4 is 0 Å². The number of carbonyl (C=O) groups excluding carboxylic acids is 3. The summed E-state index contributed by atoms with van der Waals surface area (Å²) in [6.45, 7) is 1.12. The summed E-state index contributed by atoms with van der Waals surface area (Å²) in [6, 6.07) is 3.91. The van der Waals surface area contributed by atoms with E-state index in [1.54, 1.807) is 0 Å². The molecule has 9 nitrogen and oxygen atoms in total. The van der Waals surface area contributed by atoms with Crippen LogP contribution >= 0.6 is 0 Å². The van der Waals surface area contributed by atoms with Gasteiger partial charge in [-0.1, -0.05) is 24.3 Å². The number of aromatic hydroxyl groups is 3. The maximum Gasteiger partial charge on any atom is 0.202 e. The van der Waals surface area contributed by atoms with E-state index in [1.165, 1.54) is 18.2 Å². The van der Waals surface area contributed by atoms with Gasteiger partial charge in [-0.05, 0) is 12.5 Å². The number of phenolic OH excluding ortho intramolecular Hbond substituents is 3. The molecule has 0 aromatic heterocycles. The Morgan fingerprint density at radius 2 is 1.76 bits per heavy atom. The van der Waals surface area contributed by atoms with Crippen molar-refractivity contribution in [3.05, 3.63) is 63.7 Å². The molecule has 9 heteroatoms.